The third kappa shape index (κ3) is 2.46. The molecule has 1 aliphatic rings. The van der Waals surface area contributed by atoms with E-state index in [9.17, 15) is 9.90 Å². The van der Waals surface area contributed by atoms with E-state index >= 15 is 0 Å². The van der Waals surface area contributed by atoms with Gasteiger partial charge in [0.05, 0.1) is 16.8 Å². The number of carbonyl (C=O) groups is 1. The van der Waals surface area contributed by atoms with Gasteiger partial charge in [-0.2, -0.15) is 0 Å². The fourth-order valence-electron chi connectivity index (χ4n) is 2.71. The minimum atomic E-state index is -0.983. The average Bonchev–Trinajstić information content (AvgIpc) is 3.00. The molecular weight excluding hydrogens is 294 g/mol. The van der Waals surface area contributed by atoms with Crippen molar-refractivity contribution in [1.29, 1.82) is 0 Å². The molecule has 0 radical (unpaired) electrons. The molecule has 2 heterocycles. The number of aromatic carboxylic acids is 1. The molecule has 0 spiro atoms. The number of carboxylic acid groups (broad SMARTS) is 1. The maximum Gasteiger partial charge on any atom is 0.337 e. The van der Waals surface area contributed by atoms with E-state index in [-0.39, 0.29) is 12.4 Å². The standard InChI is InChI=1S/C18H13NO4/c20-18(21)13-7-12-8-16-17(23-10-22-16)9-14(12)19-15(13)6-11-4-2-1-3-5-11/h1-5,7-9H,6,10H2,(H,20,21). The van der Waals surface area contributed by atoms with Crippen LogP contribution in [-0.2, 0) is 6.42 Å². The number of aromatic nitrogens is 1. The highest BCUT2D eigenvalue weighted by Crippen LogP contribution is 2.36. The first-order valence-corrected chi connectivity index (χ1v) is 7.21. The number of nitrogens with zero attached hydrogens (tertiary/aromatic N) is 1. The first-order chi connectivity index (χ1) is 11.2. The lowest BCUT2D eigenvalue weighted by Crippen LogP contribution is -2.06. The minimum absolute atomic E-state index is 0.175. The van der Waals surface area contributed by atoms with Crippen molar-refractivity contribution in [3.8, 4) is 11.5 Å². The molecule has 0 bridgehead atoms. The van der Waals surface area contributed by atoms with E-state index in [1.165, 1.54) is 0 Å². The summed E-state index contributed by atoms with van der Waals surface area (Å²) < 4.78 is 10.7. The summed E-state index contributed by atoms with van der Waals surface area (Å²) in [6.45, 7) is 0.175. The van der Waals surface area contributed by atoms with E-state index in [0.717, 1.165) is 10.9 Å². The number of fused-ring (bicyclic) bond motifs is 2. The predicted molar refractivity (Wildman–Crippen MR) is 84.1 cm³/mol. The van der Waals surface area contributed by atoms with E-state index < -0.39 is 5.97 Å². The summed E-state index contributed by atoms with van der Waals surface area (Å²) in [4.78, 5) is 16.1. The molecule has 0 unspecified atom stereocenters. The lowest BCUT2D eigenvalue weighted by Gasteiger charge is -2.09. The molecule has 2 aromatic carbocycles. The molecule has 0 fully saturated rings. The Morgan fingerprint density at radius 3 is 2.57 bits per heavy atom. The topological polar surface area (TPSA) is 68.7 Å². The highest BCUT2D eigenvalue weighted by molar-refractivity contribution is 5.95. The SMILES string of the molecule is O=C(O)c1cc2cc3c(cc2nc1Cc1ccccc1)OCO3. The van der Waals surface area contributed by atoms with Crippen LogP contribution in [0.25, 0.3) is 10.9 Å². The number of ether oxygens (including phenoxy) is 2. The number of pyridine rings is 1. The molecule has 1 aliphatic heterocycles. The predicted octanol–water partition coefficient (Wildman–Crippen LogP) is 3.25. The van der Waals surface area contributed by atoms with Crippen molar-refractivity contribution in [2.24, 2.45) is 0 Å². The molecule has 114 valence electrons. The van der Waals surface area contributed by atoms with Crippen LogP contribution in [-0.4, -0.2) is 22.9 Å². The number of benzene rings is 2. The molecule has 1 N–H and O–H groups in total. The Morgan fingerprint density at radius 1 is 1.09 bits per heavy atom. The van der Waals surface area contributed by atoms with Gasteiger partial charge in [-0.3, -0.25) is 4.98 Å². The normalized spacial score (nSPS) is 12.5. The number of rotatable bonds is 3. The van der Waals surface area contributed by atoms with Crippen molar-refractivity contribution in [2.45, 2.75) is 6.42 Å². The molecule has 23 heavy (non-hydrogen) atoms. The monoisotopic (exact) mass is 307 g/mol. The van der Waals surface area contributed by atoms with Gasteiger partial charge in [-0.05, 0) is 17.7 Å². The molecular formula is C18H13NO4. The highest BCUT2D eigenvalue weighted by atomic mass is 16.7. The summed E-state index contributed by atoms with van der Waals surface area (Å²) in [5.41, 5.74) is 2.46. The summed E-state index contributed by atoms with van der Waals surface area (Å²) >= 11 is 0. The van der Waals surface area contributed by atoms with Crippen LogP contribution in [0.15, 0.2) is 48.5 Å². The molecule has 1 aromatic heterocycles. The summed E-state index contributed by atoms with van der Waals surface area (Å²) in [6.07, 6.45) is 0.465. The van der Waals surface area contributed by atoms with Crippen LogP contribution in [0.5, 0.6) is 11.5 Å². The number of carboxylic acids is 1. The Morgan fingerprint density at radius 2 is 1.83 bits per heavy atom. The number of hydrogen-bond donors (Lipinski definition) is 1. The van der Waals surface area contributed by atoms with Crippen molar-refractivity contribution in [3.63, 3.8) is 0 Å². The molecule has 0 atom stereocenters. The quantitative estimate of drug-likeness (QED) is 0.804. The zero-order valence-electron chi connectivity index (χ0n) is 12.2. The lowest BCUT2D eigenvalue weighted by molar-refractivity contribution is 0.0695. The fraction of sp³-hybridized carbons (Fsp3) is 0.111. The van der Waals surface area contributed by atoms with Gasteiger partial charge in [0.25, 0.3) is 0 Å². The zero-order valence-corrected chi connectivity index (χ0v) is 12.2. The van der Waals surface area contributed by atoms with Crippen LogP contribution >= 0.6 is 0 Å². The van der Waals surface area contributed by atoms with Crippen molar-refractivity contribution in [3.05, 3.63) is 65.4 Å². The van der Waals surface area contributed by atoms with Crippen molar-refractivity contribution in [1.82, 2.24) is 4.98 Å². The summed E-state index contributed by atoms with van der Waals surface area (Å²) in [7, 11) is 0. The van der Waals surface area contributed by atoms with Crippen LogP contribution < -0.4 is 9.47 Å². The zero-order chi connectivity index (χ0) is 15.8. The highest BCUT2D eigenvalue weighted by Gasteiger charge is 2.18. The van der Waals surface area contributed by atoms with Gasteiger partial charge in [-0.25, -0.2) is 4.79 Å². The Hall–Kier alpha value is -3.08. The largest absolute Gasteiger partial charge is 0.478 e. The minimum Gasteiger partial charge on any atom is -0.478 e. The second-order valence-electron chi connectivity index (χ2n) is 5.35. The summed E-state index contributed by atoms with van der Waals surface area (Å²) in [5.74, 6) is 0.271. The van der Waals surface area contributed by atoms with Crippen molar-refractivity contribution < 1.29 is 19.4 Å². The van der Waals surface area contributed by atoms with E-state index in [2.05, 4.69) is 4.98 Å². The maximum atomic E-state index is 11.6. The second-order valence-corrected chi connectivity index (χ2v) is 5.35. The summed E-state index contributed by atoms with van der Waals surface area (Å²) in [5, 5.41) is 10.2. The van der Waals surface area contributed by atoms with Gasteiger partial charge in [0.15, 0.2) is 11.5 Å². The maximum absolute atomic E-state index is 11.6. The Labute approximate surface area is 132 Å². The fourth-order valence-corrected chi connectivity index (χ4v) is 2.71. The molecule has 5 heteroatoms. The summed E-state index contributed by atoms with van der Waals surface area (Å²) in [6, 6.07) is 14.9. The number of hydrogen-bond acceptors (Lipinski definition) is 4. The first-order valence-electron chi connectivity index (χ1n) is 7.21. The van der Waals surface area contributed by atoms with Crippen molar-refractivity contribution in [2.75, 3.05) is 6.79 Å². The Balaban J connectivity index is 1.86. The Kier molecular flexibility index (Phi) is 3.12. The van der Waals surface area contributed by atoms with E-state index in [1.54, 1.807) is 18.2 Å². The lowest BCUT2D eigenvalue weighted by atomic mass is 10.0. The van der Waals surface area contributed by atoms with Gasteiger partial charge in [-0.1, -0.05) is 30.3 Å². The molecule has 4 rings (SSSR count). The molecule has 0 saturated carbocycles. The third-order valence-electron chi connectivity index (χ3n) is 3.83. The molecule has 0 amide bonds. The van der Waals surface area contributed by atoms with Gasteiger partial charge in [-0.15, -0.1) is 0 Å². The van der Waals surface area contributed by atoms with Gasteiger partial charge in [0.2, 0.25) is 6.79 Å². The van der Waals surface area contributed by atoms with Gasteiger partial charge in [0.1, 0.15) is 0 Å². The van der Waals surface area contributed by atoms with E-state index in [0.29, 0.717) is 29.1 Å². The van der Waals surface area contributed by atoms with Crippen LogP contribution in [0.2, 0.25) is 0 Å². The third-order valence-corrected chi connectivity index (χ3v) is 3.83. The molecule has 0 aliphatic carbocycles. The van der Waals surface area contributed by atoms with E-state index in [1.807, 2.05) is 30.3 Å². The average molecular weight is 307 g/mol. The molecule has 0 saturated heterocycles. The van der Waals surface area contributed by atoms with Crippen LogP contribution in [0.4, 0.5) is 0 Å². The van der Waals surface area contributed by atoms with Gasteiger partial charge in [0, 0.05) is 17.9 Å². The van der Waals surface area contributed by atoms with Crippen molar-refractivity contribution >= 4 is 16.9 Å². The first kappa shape index (κ1) is 13.6. The van der Waals surface area contributed by atoms with Gasteiger partial charge < -0.3 is 14.6 Å². The van der Waals surface area contributed by atoms with Gasteiger partial charge >= 0.3 is 5.97 Å². The Bertz CT molecular complexity index is 906. The van der Waals surface area contributed by atoms with Crippen LogP contribution in [0.3, 0.4) is 0 Å². The van der Waals surface area contributed by atoms with E-state index in [4.69, 9.17) is 9.47 Å². The molecule has 5 nitrogen and oxygen atoms in total. The van der Waals surface area contributed by atoms with Crippen LogP contribution in [0.1, 0.15) is 21.6 Å². The van der Waals surface area contributed by atoms with Crippen LogP contribution in [0, 0.1) is 0 Å². The molecule has 3 aromatic rings. The second kappa shape index (κ2) is 5.28. The smallest absolute Gasteiger partial charge is 0.337 e.